The first-order valence-electron chi connectivity index (χ1n) is 7.10. The van der Waals surface area contributed by atoms with Crippen molar-refractivity contribution in [3.05, 3.63) is 64.0 Å². The molecule has 1 aromatic heterocycles. The van der Waals surface area contributed by atoms with Crippen LogP contribution in [0.3, 0.4) is 0 Å². The van der Waals surface area contributed by atoms with Crippen LogP contribution >= 0.6 is 0 Å². The average Bonchev–Trinajstić information content (AvgIpc) is 2.55. The third kappa shape index (κ3) is 2.03. The number of pyridine rings is 1. The maximum atomic E-state index is 13.3. The van der Waals surface area contributed by atoms with Gasteiger partial charge in [0, 0.05) is 17.3 Å². The van der Waals surface area contributed by atoms with Crippen LogP contribution in [0, 0.1) is 0 Å². The fourth-order valence-electron chi connectivity index (χ4n) is 3.03. The summed E-state index contributed by atoms with van der Waals surface area (Å²) in [7, 11) is 0. The summed E-state index contributed by atoms with van der Waals surface area (Å²) in [6, 6.07) is 3.00. The summed E-state index contributed by atoms with van der Waals surface area (Å²) in [5, 5.41) is 3.09. The van der Waals surface area contributed by atoms with Crippen molar-refractivity contribution < 1.29 is 9.13 Å². The monoisotopic (exact) mass is 299 g/mol. The molecule has 0 spiro atoms. The van der Waals surface area contributed by atoms with E-state index in [0.29, 0.717) is 6.54 Å². The van der Waals surface area contributed by atoms with Crippen molar-refractivity contribution >= 4 is 11.9 Å². The van der Waals surface area contributed by atoms with Gasteiger partial charge in [-0.25, -0.2) is 4.39 Å². The number of ether oxygens (including phenoxy) is 1. The molecule has 112 valence electrons. The minimum Gasteiger partial charge on any atom is -0.385 e. The molecule has 2 unspecified atom stereocenters. The van der Waals surface area contributed by atoms with Crippen molar-refractivity contribution in [2.45, 2.75) is 18.8 Å². The standard InChI is InChI=1S/C16H14FN3O2/c17-10-6-14-16(19-7-10)12-3-4-15(21)20(13(12)9-22-14)11-2-1-5-18-8-11/h1-7,14,16,18H,8-9H2. The van der Waals surface area contributed by atoms with Crippen molar-refractivity contribution in [3.8, 4) is 0 Å². The fraction of sp³-hybridized carbons (Fsp3) is 0.250. The first-order valence-corrected chi connectivity index (χ1v) is 7.10. The summed E-state index contributed by atoms with van der Waals surface area (Å²) in [6.07, 6.45) is 7.80. The molecule has 3 aliphatic rings. The summed E-state index contributed by atoms with van der Waals surface area (Å²) >= 11 is 0. The number of hydrogen-bond donors (Lipinski definition) is 1. The van der Waals surface area contributed by atoms with Gasteiger partial charge in [0.2, 0.25) is 0 Å². The van der Waals surface area contributed by atoms with Gasteiger partial charge in [0.1, 0.15) is 18.0 Å². The Morgan fingerprint density at radius 3 is 3.14 bits per heavy atom. The quantitative estimate of drug-likeness (QED) is 0.858. The minimum atomic E-state index is -0.415. The van der Waals surface area contributed by atoms with E-state index in [-0.39, 0.29) is 24.0 Å². The molecule has 0 bridgehead atoms. The Bertz CT molecular complexity index is 804. The molecular formula is C16H14FN3O2. The first kappa shape index (κ1) is 13.2. The van der Waals surface area contributed by atoms with E-state index in [1.54, 1.807) is 10.6 Å². The van der Waals surface area contributed by atoms with Gasteiger partial charge in [-0.05, 0) is 30.5 Å². The van der Waals surface area contributed by atoms with Crippen LogP contribution in [0.5, 0.6) is 0 Å². The van der Waals surface area contributed by atoms with Crippen LogP contribution < -0.4 is 10.9 Å². The van der Waals surface area contributed by atoms with Crippen LogP contribution in [0.1, 0.15) is 17.3 Å². The topological polar surface area (TPSA) is 55.6 Å². The van der Waals surface area contributed by atoms with Gasteiger partial charge in [-0.15, -0.1) is 0 Å². The third-order valence-corrected chi connectivity index (χ3v) is 4.03. The zero-order chi connectivity index (χ0) is 15.1. The zero-order valence-electron chi connectivity index (χ0n) is 11.7. The lowest BCUT2D eigenvalue weighted by atomic mass is 9.95. The molecule has 2 atom stereocenters. The molecule has 22 heavy (non-hydrogen) atoms. The number of fused-ring (bicyclic) bond motifs is 3. The highest BCUT2D eigenvalue weighted by atomic mass is 19.1. The summed E-state index contributed by atoms with van der Waals surface area (Å²) in [5.41, 5.74) is 2.44. The second kappa shape index (κ2) is 5.06. The smallest absolute Gasteiger partial charge is 0.255 e. The molecule has 6 heteroatoms. The summed E-state index contributed by atoms with van der Waals surface area (Å²) in [6.45, 7) is 0.825. The Kier molecular flexibility index (Phi) is 3.04. The van der Waals surface area contributed by atoms with Crippen LogP contribution in [-0.4, -0.2) is 23.4 Å². The van der Waals surface area contributed by atoms with E-state index in [0.717, 1.165) is 17.0 Å². The van der Waals surface area contributed by atoms with Crippen molar-refractivity contribution in [3.63, 3.8) is 0 Å². The van der Waals surface area contributed by atoms with Gasteiger partial charge >= 0.3 is 0 Å². The summed E-state index contributed by atoms with van der Waals surface area (Å²) in [5.74, 6) is -0.387. The second-order valence-electron chi connectivity index (χ2n) is 5.36. The molecule has 1 N–H and O–H groups in total. The lowest BCUT2D eigenvalue weighted by molar-refractivity contribution is 0.0346. The van der Waals surface area contributed by atoms with Crippen LogP contribution in [0.2, 0.25) is 0 Å². The van der Waals surface area contributed by atoms with Crippen LogP contribution in [-0.2, 0) is 11.3 Å². The summed E-state index contributed by atoms with van der Waals surface area (Å²) < 4.78 is 20.7. The number of aliphatic imine (C=N–C) groups is 1. The number of hydrogen-bond acceptors (Lipinski definition) is 4. The normalized spacial score (nSPS) is 25.7. The summed E-state index contributed by atoms with van der Waals surface area (Å²) in [4.78, 5) is 16.5. The molecule has 0 aromatic carbocycles. The molecule has 3 aliphatic heterocycles. The Morgan fingerprint density at radius 2 is 2.32 bits per heavy atom. The van der Waals surface area contributed by atoms with E-state index < -0.39 is 6.10 Å². The van der Waals surface area contributed by atoms with Crippen molar-refractivity contribution in [2.24, 2.45) is 4.99 Å². The van der Waals surface area contributed by atoms with Gasteiger partial charge in [-0.1, -0.05) is 0 Å². The van der Waals surface area contributed by atoms with E-state index >= 15 is 0 Å². The highest BCUT2D eigenvalue weighted by molar-refractivity contribution is 5.77. The molecule has 4 heterocycles. The molecule has 0 saturated carbocycles. The highest BCUT2D eigenvalue weighted by Gasteiger charge is 2.33. The van der Waals surface area contributed by atoms with Crippen molar-refractivity contribution in [2.75, 3.05) is 6.54 Å². The number of aromatic nitrogens is 1. The maximum Gasteiger partial charge on any atom is 0.255 e. The molecular weight excluding hydrogens is 285 g/mol. The maximum absolute atomic E-state index is 13.3. The molecule has 0 fully saturated rings. The molecule has 5 nitrogen and oxygen atoms in total. The zero-order valence-corrected chi connectivity index (χ0v) is 11.7. The van der Waals surface area contributed by atoms with Crippen molar-refractivity contribution in [1.82, 2.24) is 9.88 Å². The number of nitrogens with zero attached hydrogens (tertiary/aromatic N) is 2. The Morgan fingerprint density at radius 1 is 1.41 bits per heavy atom. The van der Waals surface area contributed by atoms with Crippen molar-refractivity contribution in [1.29, 1.82) is 0 Å². The number of halogens is 1. The number of allylic oxidation sites excluding steroid dienone is 3. The van der Waals surface area contributed by atoms with Gasteiger partial charge in [0.05, 0.1) is 25.1 Å². The van der Waals surface area contributed by atoms with Gasteiger partial charge in [0.15, 0.2) is 0 Å². The minimum absolute atomic E-state index is 0.106. The van der Waals surface area contributed by atoms with Crippen LogP contribution in [0.15, 0.2) is 52.2 Å². The second-order valence-corrected chi connectivity index (χ2v) is 5.36. The lowest BCUT2D eigenvalue weighted by Gasteiger charge is -2.33. The predicted molar refractivity (Wildman–Crippen MR) is 81.1 cm³/mol. The molecule has 0 amide bonds. The fourth-order valence-corrected chi connectivity index (χ4v) is 3.03. The van der Waals surface area contributed by atoms with Gasteiger partial charge in [-0.2, -0.15) is 0 Å². The van der Waals surface area contributed by atoms with Gasteiger partial charge in [-0.3, -0.25) is 14.4 Å². The Balaban J connectivity index is 1.85. The molecule has 0 radical (unpaired) electrons. The van der Waals surface area contributed by atoms with Gasteiger partial charge in [0.25, 0.3) is 5.56 Å². The Labute approximate surface area is 126 Å². The van der Waals surface area contributed by atoms with Gasteiger partial charge < -0.3 is 10.1 Å². The van der Waals surface area contributed by atoms with E-state index in [2.05, 4.69) is 10.3 Å². The SMILES string of the molecule is O=c1ccc2c(n1C1=CC=CNC1)COC1C=C(F)C=NC21. The highest BCUT2D eigenvalue weighted by Crippen LogP contribution is 2.35. The van der Waals surface area contributed by atoms with E-state index in [1.165, 1.54) is 18.4 Å². The van der Waals surface area contributed by atoms with Crippen LogP contribution in [0.25, 0.3) is 5.70 Å². The number of dihydropyridines is 2. The Hall–Kier alpha value is -2.47. The number of rotatable bonds is 1. The molecule has 0 saturated heterocycles. The molecule has 0 aliphatic carbocycles. The predicted octanol–water partition coefficient (Wildman–Crippen LogP) is 1.68. The average molecular weight is 299 g/mol. The van der Waals surface area contributed by atoms with E-state index in [4.69, 9.17) is 4.74 Å². The largest absolute Gasteiger partial charge is 0.385 e. The lowest BCUT2D eigenvalue weighted by Crippen LogP contribution is -2.35. The first-order chi connectivity index (χ1) is 10.7. The van der Waals surface area contributed by atoms with Crippen LogP contribution in [0.4, 0.5) is 4.39 Å². The van der Waals surface area contributed by atoms with E-state index in [1.807, 2.05) is 18.4 Å². The molecule has 1 aromatic rings. The third-order valence-electron chi connectivity index (χ3n) is 4.03. The van der Waals surface area contributed by atoms with E-state index in [9.17, 15) is 9.18 Å². The number of nitrogens with one attached hydrogen (secondary N) is 1. The molecule has 4 rings (SSSR count).